The molecule has 2 heterocycles. The number of ketones is 1. The van der Waals surface area contributed by atoms with Crippen LogP contribution in [0.4, 0.5) is 5.82 Å². The van der Waals surface area contributed by atoms with Gasteiger partial charge in [0.2, 0.25) is 12.7 Å². The molecular formula is C27H28N2O4. The Balaban J connectivity index is 0.00000274. The molecule has 5 rings (SSSR count). The van der Waals surface area contributed by atoms with Crippen LogP contribution in [0.2, 0.25) is 0 Å². The van der Waals surface area contributed by atoms with E-state index >= 15 is 0 Å². The molecule has 33 heavy (non-hydrogen) atoms. The first kappa shape index (κ1) is 21.2. The first-order valence-electron chi connectivity index (χ1n) is 11.1. The van der Waals surface area contributed by atoms with Gasteiger partial charge in [-0.3, -0.25) is 9.59 Å². The topological polar surface area (TPSA) is 77.5 Å². The lowest BCUT2D eigenvalue weighted by Gasteiger charge is -2.16. The largest absolute Gasteiger partial charge is 0.454 e. The third-order valence-electron chi connectivity index (χ3n) is 6.56. The zero-order valence-electron chi connectivity index (χ0n) is 19.0. The molecule has 1 aliphatic heterocycles. The monoisotopic (exact) mass is 444 g/mol. The van der Waals surface area contributed by atoms with E-state index in [0.717, 1.165) is 57.7 Å². The number of rotatable bonds is 6. The van der Waals surface area contributed by atoms with Gasteiger partial charge in [0.15, 0.2) is 11.5 Å². The molecule has 0 saturated heterocycles. The van der Waals surface area contributed by atoms with E-state index in [1.807, 2.05) is 44.2 Å². The maximum Gasteiger partial charge on any atom is 0.231 e. The van der Waals surface area contributed by atoms with Crippen LogP contribution >= 0.6 is 0 Å². The lowest BCUT2D eigenvalue weighted by molar-refractivity contribution is -0.120. The molecular weight excluding hydrogens is 416 g/mol. The number of aromatic nitrogens is 1. The van der Waals surface area contributed by atoms with Gasteiger partial charge in [-0.15, -0.1) is 0 Å². The molecule has 0 bridgehead atoms. The van der Waals surface area contributed by atoms with Gasteiger partial charge in [-0.1, -0.05) is 24.3 Å². The number of amides is 1. The van der Waals surface area contributed by atoms with Crippen molar-refractivity contribution < 1.29 is 20.5 Å². The maximum absolute atomic E-state index is 13.4. The number of nitrogens with one attached hydrogen (secondary N) is 1. The fourth-order valence-corrected chi connectivity index (χ4v) is 4.51. The second-order valence-corrected chi connectivity index (χ2v) is 8.97. The third kappa shape index (κ3) is 3.97. The second-order valence-electron chi connectivity index (χ2n) is 8.97. The Morgan fingerprint density at radius 2 is 1.82 bits per heavy atom. The number of carbonyl (C=O) groups excluding carboxylic acids is 2. The van der Waals surface area contributed by atoms with Gasteiger partial charge < -0.3 is 14.8 Å². The number of hydrogen-bond acceptors (Lipinski definition) is 5. The van der Waals surface area contributed by atoms with E-state index in [1.54, 1.807) is 6.20 Å². The molecule has 0 spiro atoms. The minimum atomic E-state index is -0.426. The van der Waals surface area contributed by atoms with Crippen LogP contribution < -0.4 is 14.8 Å². The van der Waals surface area contributed by atoms with Crippen molar-refractivity contribution >= 4 is 17.5 Å². The molecule has 2 aliphatic rings. The van der Waals surface area contributed by atoms with Gasteiger partial charge in [0.1, 0.15) is 11.6 Å². The van der Waals surface area contributed by atoms with Gasteiger partial charge in [0, 0.05) is 26.5 Å². The number of pyridine rings is 1. The second kappa shape index (κ2) is 8.03. The summed E-state index contributed by atoms with van der Waals surface area (Å²) in [4.78, 5) is 29.2. The molecule has 6 nitrogen and oxygen atoms in total. The maximum atomic E-state index is 13.4. The number of anilines is 1. The van der Waals surface area contributed by atoms with Crippen LogP contribution in [0.5, 0.6) is 11.5 Å². The Morgan fingerprint density at radius 3 is 2.55 bits per heavy atom. The Labute approximate surface area is 194 Å². The standard InChI is InChI=1S/C27H26N2O4.H2/c1-16-4-5-19(11-22(16)20-10-17(2)26(28-14-20)29-18(3)30)12-25(31)27(8-9-27)21-6-7-23-24(13-21)33-15-32-23;/h4-7,10-11,13-14H,8-9,12,15H2,1-3H3,(H,28,29,30);1H. The molecule has 2 aromatic carbocycles. The lowest BCUT2D eigenvalue weighted by Crippen LogP contribution is -2.22. The molecule has 1 aromatic heterocycles. The summed E-state index contributed by atoms with van der Waals surface area (Å²) in [5.41, 5.74) is 5.57. The predicted molar refractivity (Wildman–Crippen MR) is 128 cm³/mol. The normalized spacial score (nSPS) is 15.2. The summed E-state index contributed by atoms with van der Waals surface area (Å²) in [6, 6.07) is 14.0. The molecule has 170 valence electrons. The summed E-state index contributed by atoms with van der Waals surface area (Å²) in [7, 11) is 0. The number of nitrogens with zero attached hydrogens (tertiary/aromatic N) is 1. The minimum Gasteiger partial charge on any atom is -0.454 e. The minimum absolute atomic E-state index is 0. The SMILES string of the molecule is CC(=O)Nc1ncc(-c2cc(CC(=O)C3(c4ccc5c(c4)OCO5)CC3)ccc2C)cc1C.[HH]. The van der Waals surface area contributed by atoms with Crippen molar-refractivity contribution in [3.05, 3.63) is 70.9 Å². The molecule has 1 fully saturated rings. The Kier molecular flexibility index (Phi) is 5.16. The zero-order chi connectivity index (χ0) is 23.2. The highest BCUT2D eigenvalue weighted by atomic mass is 16.7. The van der Waals surface area contributed by atoms with Crippen LogP contribution in [0, 0.1) is 13.8 Å². The van der Waals surface area contributed by atoms with Gasteiger partial charge in [-0.25, -0.2) is 4.98 Å². The van der Waals surface area contributed by atoms with Crippen LogP contribution in [0.15, 0.2) is 48.7 Å². The first-order valence-corrected chi connectivity index (χ1v) is 11.1. The summed E-state index contributed by atoms with van der Waals surface area (Å²) in [5.74, 6) is 2.10. The average molecular weight is 445 g/mol. The van der Waals surface area contributed by atoms with Crippen LogP contribution in [-0.2, 0) is 21.4 Å². The number of benzene rings is 2. The van der Waals surface area contributed by atoms with Gasteiger partial charge in [-0.05, 0) is 72.7 Å². The van der Waals surface area contributed by atoms with Crippen molar-refractivity contribution in [2.45, 2.75) is 45.4 Å². The van der Waals surface area contributed by atoms with E-state index in [2.05, 4.69) is 22.4 Å². The fourth-order valence-electron chi connectivity index (χ4n) is 4.51. The summed E-state index contributed by atoms with van der Waals surface area (Å²) < 4.78 is 10.9. The van der Waals surface area contributed by atoms with E-state index in [-0.39, 0.29) is 19.9 Å². The number of hydrogen-bond donors (Lipinski definition) is 1. The lowest BCUT2D eigenvalue weighted by atomic mass is 9.87. The highest BCUT2D eigenvalue weighted by molar-refractivity contribution is 5.95. The van der Waals surface area contributed by atoms with Crippen molar-refractivity contribution in [2.24, 2.45) is 0 Å². The molecule has 0 radical (unpaired) electrons. The van der Waals surface area contributed by atoms with Crippen LogP contribution in [0.1, 0.15) is 43.4 Å². The highest BCUT2D eigenvalue weighted by Gasteiger charge is 2.50. The smallest absolute Gasteiger partial charge is 0.231 e. The molecule has 6 heteroatoms. The Bertz CT molecular complexity index is 1280. The van der Waals surface area contributed by atoms with E-state index in [9.17, 15) is 9.59 Å². The Morgan fingerprint density at radius 1 is 1.03 bits per heavy atom. The van der Waals surface area contributed by atoms with Crippen LogP contribution in [-0.4, -0.2) is 23.5 Å². The third-order valence-corrected chi connectivity index (χ3v) is 6.56. The van der Waals surface area contributed by atoms with Crippen molar-refractivity contribution in [3.8, 4) is 22.6 Å². The number of aryl methyl sites for hydroxylation is 2. The van der Waals surface area contributed by atoms with Gasteiger partial charge >= 0.3 is 0 Å². The van der Waals surface area contributed by atoms with Crippen molar-refractivity contribution in [3.63, 3.8) is 0 Å². The van der Waals surface area contributed by atoms with Gasteiger partial charge in [-0.2, -0.15) is 0 Å². The van der Waals surface area contributed by atoms with Crippen molar-refractivity contribution in [1.82, 2.24) is 4.98 Å². The molecule has 1 N–H and O–H groups in total. The summed E-state index contributed by atoms with van der Waals surface area (Å²) in [6.45, 7) is 5.67. The summed E-state index contributed by atoms with van der Waals surface area (Å²) in [5, 5.41) is 2.75. The van der Waals surface area contributed by atoms with Crippen molar-refractivity contribution in [1.29, 1.82) is 0 Å². The van der Waals surface area contributed by atoms with Crippen LogP contribution in [0.3, 0.4) is 0 Å². The molecule has 0 unspecified atom stereocenters. The number of fused-ring (bicyclic) bond motifs is 1. The molecule has 1 saturated carbocycles. The molecule has 0 atom stereocenters. The highest BCUT2D eigenvalue weighted by Crippen LogP contribution is 2.51. The average Bonchev–Trinajstić information content (AvgIpc) is 3.47. The van der Waals surface area contributed by atoms with E-state index < -0.39 is 5.41 Å². The summed E-state index contributed by atoms with van der Waals surface area (Å²) >= 11 is 0. The zero-order valence-corrected chi connectivity index (χ0v) is 19.0. The quantitative estimate of drug-likeness (QED) is 0.569. The molecule has 3 aromatic rings. The van der Waals surface area contributed by atoms with Crippen molar-refractivity contribution in [2.75, 3.05) is 12.1 Å². The molecule has 1 aliphatic carbocycles. The molecule has 1 amide bonds. The summed E-state index contributed by atoms with van der Waals surface area (Å²) in [6.07, 6.45) is 3.86. The van der Waals surface area contributed by atoms with E-state index in [1.165, 1.54) is 6.92 Å². The number of carbonyl (C=O) groups is 2. The van der Waals surface area contributed by atoms with Gasteiger partial charge in [0.05, 0.1) is 5.41 Å². The van der Waals surface area contributed by atoms with E-state index in [4.69, 9.17) is 9.47 Å². The van der Waals surface area contributed by atoms with Crippen LogP contribution in [0.25, 0.3) is 11.1 Å². The van der Waals surface area contributed by atoms with Gasteiger partial charge in [0.25, 0.3) is 0 Å². The first-order chi connectivity index (χ1) is 15.9. The number of ether oxygens (including phenoxy) is 2. The number of Topliss-reactive ketones (excluding diaryl/α,β-unsaturated/α-hetero) is 1. The fraction of sp³-hybridized carbons (Fsp3) is 0.296. The predicted octanol–water partition coefficient (Wildman–Crippen LogP) is 5.14. The Hall–Kier alpha value is -3.67. The van der Waals surface area contributed by atoms with E-state index in [0.29, 0.717) is 12.2 Å².